The van der Waals surface area contributed by atoms with E-state index in [1.807, 2.05) is 23.5 Å². The Morgan fingerprint density at radius 3 is 2.26 bits per heavy atom. The second-order valence-corrected chi connectivity index (χ2v) is 7.61. The fraction of sp³-hybridized carbons (Fsp3) is 0.364. The number of ether oxygens (including phenoxy) is 2. The summed E-state index contributed by atoms with van der Waals surface area (Å²) in [6, 6.07) is 0. The molecule has 0 amide bonds. The average molecular weight is 303 g/mol. The molecule has 0 saturated carbocycles. The second kappa shape index (κ2) is 5.02. The van der Waals surface area contributed by atoms with E-state index in [4.69, 9.17) is 14.5 Å². The number of benzene rings is 1. The van der Waals surface area contributed by atoms with Gasteiger partial charge in [0.25, 0.3) is 0 Å². The number of amidine groups is 1. The van der Waals surface area contributed by atoms with Gasteiger partial charge >= 0.3 is 0 Å². The zero-order valence-corrected chi connectivity index (χ0v) is 15.0. The van der Waals surface area contributed by atoms with Crippen molar-refractivity contribution in [1.82, 2.24) is 5.32 Å². The number of aromatic hydroxyl groups is 1. The van der Waals surface area contributed by atoms with Gasteiger partial charge in [0.15, 0.2) is 17.6 Å². The molecule has 23 heavy (non-hydrogen) atoms. The molecule has 0 spiro atoms. The van der Waals surface area contributed by atoms with Gasteiger partial charge in [0, 0.05) is 5.34 Å². The van der Waals surface area contributed by atoms with Gasteiger partial charge < -0.3 is 19.9 Å². The lowest BCUT2D eigenvalue weighted by atomic mass is 9.39. The van der Waals surface area contributed by atoms with E-state index in [2.05, 4.69) is 36.7 Å². The van der Waals surface area contributed by atoms with E-state index in [1.54, 1.807) is 0 Å². The molecule has 3 rings (SSSR count). The number of phenols is 1. The summed E-state index contributed by atoms with van der Waals surface area (Å²) in [5.74, 6) is 2.04. The molecule has 2 aliphatic rings. The molecule has 0 bridgehead atoms. The van der Waals surface area contributed by atoms with Crippen molar-refractivity contribution in [3.8, 4) is 17.2 Å². The van der Waals surface area contributed by atoms with Gasteiger partial charge in [-0.05, 0) is 5.34 Å². The summed E-state index contributed by atoms with van der Waals surface area (Å²) in [4.78, 5) is 4.80. The highest BCUT2D eigenvalue weighted by Gasteiger charge is 2.45. The highest BCUT2D eigenvalue weighted by Crippen LogP contribution is 2.36. The Kier molecular flexibility index (Phi) is 3.58. The number of nitrogens with one attached hydrogen (secondary N) is 1. The topological polar surface area (TPSA) is 63.1 Å². The van der Waals surface area contributed by atoms with Crippen LogP contribution in [0.3, 0.4) is 0 Å². The maximum absolute atomic E-state index is 10.3. The van der Waals surface area contributed by atoms with E-state index in [9.17, 15) is 5.11 Å². The van der Waals surface area contributed by atoms with Crippen molar-refractivity contribution in [2.75, 3.05) is 6.61 Å². The smallest absolute Gasteiger partial charge is 0.202 e. The number of aliphatic imine (C=N–C) groups is 1. The molecule has 12 heteroatoms. The minimum atomic E-state index is -0.288. The SMILES string of the molecule is Bc1c(B)c(O)c2c(c1B)OC(C1=NC(B)(B)C(B)(B)N1)CO2. The second-order valence-electron chi connectivity index (χ2n) is 7.61. The summed E-state index contributed by atoms with van der Waals surface area (Å²) in [5, 5.41) is 13.4. The lowest BCUT2D eigenvalue weighted by Gasteiger charge is -2.34. The standard InChI is InChI=1S/C11H19B7N2O3/c12-3-4(13)6(21)8-7(5(3)14)23-2(1-22-8)9-19-10(15,16)11(17,18)20-9/h2,21H,1,12-18H2,(H,19,20). The molecule has 2 aliphatic heterocycles. The molecular weight excluding hydrogens is 284 g/mol. The van der Waals surface area contributed by atoms with Crippen molar-refractivity contribution in [3.63, 3.8) is 0 Å². The molecular formula is C11H19B7N2O3. The first kappa shape index (κ1) is 16.4. The highest BCUT2D eigenvalue weighted by atomic mass is 16.6. The Bertz CT molecular complexity index is 722. The molecule has 1 unspecified atom stereocenters. The molecule has 112 valence electrons. The zero-order valence-electron chi connectivity index (χ0n) is 15.0. The maximum atomic E-state index is 10.3. The molecule has 0 saturated heterocycles. The van der Waals surface area contributed by atoms with Crippen LogP contribution in [-0.2, 0) is 0 Å². The van der Waals surface area contributed by atoms with E-state index >= 15 is 0 Å². The fourth-order valence-corrected chi connectivity index (χ4v) is 2.92. The Balaban J connectivity index is 1.96. The number of nitrogens with zero attached hydrogens (tertiary/aromatic N) is 1. The molecule has 1 aromatic rings. The van der Waals surface area contributed by atoms with Gasteiger partial charge in [-0.2, -0.15) is 0 Å². The zero-order chi connectivity index (χ0) is 17.2. The fourth-order valence-electron chi connectivity index (χ4n) is 2.92. The van der Waals surface area contributed by atoms with Crippen molar-refractivity contribution < 1.29 is 14.6 Å². The van der Waals surface area contributed by atoms with Crippen molar-refractivity contribution in [2.45, 2.75) is 16.8 Å². The van der Waals surface area contributed by atoms with Crippen LogP contribution in [0, 0.1) is 0 Å². The molecule has 0 radical (unpaired) electrons. The molecule has 1 atom stereocenters. The Morgan fingerprint density at radius 2 is 1.70 bits per heavy atom. The number of hydrogen-bond donors (Lipinski definition) is 2. The van der Waals surface area contributed by atoms with Gasteiger partial charge in [-0.1, -0.05) is 16.4 Å². The number of phenolic OH excluding ortho intramolecular Hbond substituents is 1. The first-order chi connectivity index (χ1) is 10.5. The molecule has 0 aromatic heterocycles. The maximum Gasteiger partial charge on any atom is 0.202 e. The van der Waals surface area contributed by atoms with Crippen LogP contribution in [0.15, 0.2) is 4.99 Å². The van der Waals surface area contributed by atoms with Crippen LogP contribution in [-0.4, -0.2) is 89.3 Å². The van der Waals surface area contributed by atoms with E-state index in [0.717, 1.165) is 22.2 Å². The monoisotopic (exact) mass is 304 g/mol. The number of hydrogen-bond acceptors (Lipinski definition) is 5. The average Bonchev–Trinajstić information content (AvgIpc) is 2.70. The first-order valence-electron chi connectivity index (χ1n) is 8.05. The lowest BCUT2D eigenvalue weighted by molar-refractivity contribution is 0.130. The largest absolute Gasteiger partial charge is 0.505 e. The summed E-state index contributed by atoms with van der Waals surface area (Å²) >= 11 is 0. The van der Waals surface area contributed by atoms with Gasteiger partial charge in [-0.25, -0.2) is 0 Å². The number of fused-ring (bicyclic) bond motifs is 1. The van der Waals surface area contributed by atoms with Crippen molar-refractivity contribution in [1.29, 1.82) is 0 Å². The van der Waals surface area contributed by atoms with Crippen LogP contribution in [0.1, 0.15) is 0 Å². The van der Waals surface area contributed by atoms with Crippen molar-refractivity contribution >= 4 is 77.1 Å². The predicted octanol–water partition coefficient (Wildman–Crippen LogP) is -8.85. The molecule has 0 aliphatic carbocycles. The third-order valence-corrected chi connectivity index (χ3v) is 5.56. The molecule has 0 fully saturated rings. The van der Waals surface area contributed by atoms with Crippen LogP contribution in [0.25, 0.3) is 0 Å². The van der Waals surface area contributed by atoms with Gasteiger partial charge in [0.1, 0.15) is 67.4 Å². The minimum absolute atomic E-state index is 0.146. The van der Waals surface area contributed by atoms with Crippen molar-refractivity contribution in [3.05, 3.63) is 0 Å². The lowest BCUT2D eigenvalue weighted by Crippen LogP contribution is -2.61. The van der Waals surface area contributed by atoms with E-state index in [1.165, 1.54) is 0 Å². The van der Waals surface area contributed by atoms with E-state index < -0.39 is 0 Å². The molecule has 2 N–H and O–H groups in total. The van der Waals surface area contributed by atoms with Gasteiger partial charge in [-0.3, -0.25) is 4.99 Å². The van der Waals surface area contributed by atoms with Crippen LogP contribution in [0.4, 0.5) is 0 Å². The minimum Gasteiger partial charge on any atom is -0.505 e. The Morgan fingerprint density at radius 1 is 1.04 bits per heavy atom. The Labute approximate surface area is 143 Å². The van der Waals surface area contributed by atoms with Gasteiger partial charge in [0.05, 0.1) is 0 Å². The first-order valence-corrected chi connectivity index (χ1v) is 8.05. The summed E-state index contributed by atoms with van der Waals surface area (Å²) in [6.45, 7) is 0.334. The highest BCUT2D eigenvalue weighted by molar-refractivity contribution is 6.59. The van der Waals surface area contributed by atoms with Crippen LogP contribution in [0.5, 0.6) is 17.2 Å². The van der Waals surface area contributed by atoms with Crippen LogP contribution < -0.4 is 31.2 Å². The van der Waals surface area contributed by atoms with Gasteiger partial charge in [-0.15, -0.1) is 0 Å². The summed E-state index contributed by atoms with van der Waals surface area (Å²) in [5.41, 5.74) is 2.85. The Hall–Kier alpha value is -1.46. The van der Waals surface area contributed by atoms with Crippen LogP contribution in [0.2, 0.25) is 0 Å². The predicted molar refractivity (Wildman–Crippen MR) is 113 cm³/mol. The van der Waals surface area contributed by atoms with E-state index in [0.29, 0.717) is 18.1 Å². The third kappa shape index (κ3) is 2.37. The molecule has 2 heterocycles. The van der Waals surface area contributed by atoms with E-state index in [-0.39, 0.29) is 22.5 Å². The van der Waals surface area contributed by atoms with Gasteiger partial charge in [0.2, 0.25) is 5.75 Å². The summed E-state index contributed by atoms with van der Waals surface area (Å²) in [7, 11) is 14.3. The van der Waals surface area contributed by atoms with Crippen LogP contribution >= 0.6 is 0 Å². The normalized spacial score (nSPS) is 23.8. The third-order valence-electron chi connectivity index (χ3n) is 5.56. The van der Waals surface area contributed by atoms with Crippen molar-refractivity contribution in [2.24, 2.45) is 4.99 Å². The number of rotatable bonds is 1. The molecule has 5 nitrogen and oxygen atoms in total. The summed E-state index contributed by atoms with van der Waals surface area (Å²) < 4.78 is 12.0. The quantitative estimate of drug-likeness (QED) is 0.506. The molecule has 1 aromatic carbocycles. The summed E-state index contributed by atoms with van der Waals surface area (Å²) in [6.07, 6.45) is -0.288.